The molecule has 1 aromatic carbocycles. The lowest BCUT2D eigenvalue weighted by atomic mass is 10.1. The Bertz CT molecular complexity index is 408. The number of phenols is 1. The summed E-state index contributed by atoms with van der Waals surface area (Å²) in [6.45, 7) is 7.92. The highest BCUT2D eigenvalue weighted by Gasteiger charge is 2.23. The summed E-state index contributed by atoms with van der Waals surface area (Å²) in [4.78, 5) is 14.2. The molecule has 0 saturated carbocycles. The SMILES string of the molecule is CC(C)N(C(=O)c1cccc(O)c1Br)C(C)C. The molecule has 1 amide bonds. The lowest BCUT2D eigenvalue weighted by molar-refractivity contribution is 0.0642. The van der Waals surface area contributed by atoms with E-state index >= 15 is 0 Å². The summed E-state index contributed by atoms with van der Waals surface area (Å²) < 4.78 is 0.455. The minimum Gasteiger partial charge on any atom is -0.507 e. The van der Waals surface area contributed by atoms with Crippen molar-refractivity contribution in [1.29, 1.82) is 0 Å². The van der Waals surface area contributed by atoms with Gasteiger partial charge in [0.1, 0.15) is 5.75 Å². The second kappa shape index (κ2) is 5.54. The minimum atomic E-state index is -0.0715. The summed E-state index contributed by atoms with van der Waals surface area (Å²) in [5, 5.41) is 9.59. The van der Waals surface area contributed by atoms with Gasteiger partial charge in [-0.1, -0.05) is 6.07 Å². The molecule has 17 heavy (non-hydrogen) atoms. The quantitative estimate of drug-likeness (QED) is 0.929. The van der Waals surface area contributed by atoms with E-state index in [1.165, 1.54) is 0 Å². The summed E-state index contributed by atoms with van der Waals surface area (Å²) >= 11 is 3.25. The molecule has 94 valence electrons. The van der Waals surface area contributed by atoms with E-state index in [-0.39, 0.29) is 23.7 Å². The maximum Gasteiger partial charge on any atom is 0.255 e. The maximum absolute atomic E-state index is 12.4. The van der Waals surface area contributed by atoms with Gasteiger partial charge in [0, 0.05) is 12.1 Å². The summed E-state index contributed by atoms with van der Waals surface area (Å²) in [6.07, 6.45) is 0. The number of nitrogens with zero attached hydrogens (tertiary/aromatic N) is 1. The molecule has 0 aliphatic heterocycles. The second-order valence-electron chi connectivity index (χ2n) is 4.54. The van der Waals surface area contributed by atoms with E-state index in [1.54, 1.807) is 23.1 Å². The van der Waals surface area contributed by atoms with Gasteiger partial charge >= 0.3 is 0 Å². The number of phenolic OH excluding ortho intramolecular Hbond substituents is 1. The number of halogens is 1. The molecule has 0 unspecified atom stereocenters. The average Bonchev–Trinajstić information content (AvgIpc) is 2.20. The second-order valence-corrected chi connectivity index (χ2v) is 5.33. The van der Waals surface area contributed by atoms with Gasteiger partial charge in [-0.25, -0.2) is 0 Å². The van der Waals surface area contributed by atoms with Crippen molar-refractivity contribution in [1.82, 2.24) is 4.90 Å². The molecule has 0 aromatic heterocycles. The fourth-order valence-electron chi connectivity index (χ4n) is 1.89. The Labute approximate surface area is 111 Å². The fourth-order valence-corrected chi connectivity index (χ4v) is 2.32. The first-order valence-corrected chi connectivity index (χ1v) is 6.45. The van der Waals surface area contributed by atoms with Crippen LogP contribution in [0.5, 0.6) is 5.75 Å². The third-order valence-electron chi connectivity index (χ3n) is 2.56. The summed E-state index contributed by atoms with van der Waals surface area (Å²) in [6, 6.07) is 5.18. The first-order chi connectivity index (χ1) is 7.86. The number of aromatic hydroxyl groups is 1. The Balaban J connectivity index is 3.15. The van der Waals surface area contributed by atoms with Crippen LogP contribution >= 0.6 is 15.9 Å². The van der Waals surface area contributed by atoms with Gasteiger partial charge in [0.15, 0.2) is 0 Å². The van der Waals surface area contributed by atoms with Crippen molar-refractivity contribution >= 4 is 21.8 Å². The van der Waals surface area contributed by atoms with E-state index in [9.17, 15) is 9.90 Å². The number of benzene rings is 1. The summed E-state index contributed by atoms with van der Waals surface area (Å²) in [5.41, 5.74) is 0.493. The highest BCUT2D eigenvalue weighted by atomic mass is 79.9. The smallest absolute Gasteiger partial charge is 0.255 e. The van der Waals surface area contributed by atoms with Crippen LogP contribution in [0.4, 0.5) is 0 Å². The van der Waals surface area contributed by atoms with E-state index in [4.69, 9.17) is 0 Å². The van der Waals surface area contributed by atoms with E-state index in [0.29, 0.717) is 10.0 Å². The Morgan fingerprint density at radius 2 is 1.76 bits per heavy atom. The first-order valence-electron chi connectivity index (χ1n) is 5.66. The number of rotatable bonds is 3. The van der Waals surface area contributed by atoms with Crippen LogP contribution in [0.1, 0.15) is 38.1 Å². The van der Waals surface area contributed by atoms with Crippen LogP contribution in [0.2, 0.25) is 0 Å². The van der Waals surface area contributed by atoms with Crippen LogP contribution < -0.4 is 0 Å². The van der Waals surface area contributed by atoms with Crippen molar-refractivity contribution in [3.05, 3.63) is 28.2 Å². The number of hydrogen-bond acceptors (Lipinski definition) is 2. The Hall–Kier alpha value is -1.03. The minimum absolute atomic E-state index is 0.0715. The first kappa shape index (κ1) is 14.0. The molecule has 1 aromatic rings. The van der Waals surface area contributed by atoms with Crippen LogP contribution in [0.15, 0.2) is 22.7 Å². The molecular weight excluding hydrogens is 282 g/mol. The van der Waals surface area contributed by atoms with Crippen molar-refractivity contribution in [2.24, 2.45) is 0 Å². The van der Waals surface area contributed by atoms with Crippen LogP contribution in [0, 0.1) is 0 Å². The zero-order valence-corrected chi connectivity index (χ0v) is 12.2. The van der Waals surface area contributed by atoms with Crippen molar-refractivity contribution in [2.45, 2.75) is 39.8 Å². The standard InChI is InChI=1S/C13H18BrNO2/c1-8(2)15(9(3)4)13(17)10-6-5-7-11(16)12(10)14/h5-9,16H,1-4H3. The van der Waals surface area contributed by atoms with Crippen molar-refractivity contribution < 1.29 is 9.90 Å². The van der Waals surface area contributed by atoms with E-state index < -0.39 is 0 Å². The molecule has 0 aliphatic rings. The van der Waals surface area contributed by atoms with Gasteiger partial charge in [-0.15, -0.1) is 0 Å². The predicted molar refractivity (Wildman–Crippen MR) is 72.2 cm³/mol. The highest BCUT2D eigenvalue weighted by molar-refractivity contribution is 9.10. The van der Waals surface area contributed by atoms with Gasteiger partial charge in [0.25, 0.3) is 5.91 Å². The van der Waals surface area contributed by atoms with Gasteiger partial charge in [0.05, 0.1) is 10.0 Å². The Morgan fingerprint density at radius 1 is 1.24 bits per heavy atom. The topological polar surface area (TPSA) is 40.5 Å². The molecule has 0 saturated heterocycles. The van der Waals surface area contributed by atoms with E-state index in [1.807, 2.05) is 27.7 Å². The summed E-state index contributed by atoms with van der Waals surface area (Å²) in [5.74, 6) is 0.0149. The van der Waals surface area contributed by atoms with Gasteiger partial charge in [0.2, 0.25) is 0 Å². The molecule has 1 N–H and O–H groups in total. The third-order valence-corrected chi connectivity index (χ3v) is 3.39. The molecule has 3 nitrogen and oxygen atoms in total. The lowest BCUT2D eigenvalue weighted by Gasteiger charge is -2.31. The van der Waals surface area contributed by atoms with Gasteiger partial charge < -0.3 is 10.0 Å². The number of carbonyl (C=O) groups excluding carboxylic acids is 1. The normalized spacial score (nSPS) is 11.0. The van der Waals surface area contributed by atoms with Gasteiger partial charge in [-0.05, 0) is 55.8 Å². The fraction of sp³-hybridized carbons (Fsp3) is 0.462. The monoisotopic (exact) mass is 299 g/mol. The highest BCUT2D eigenvalue weighted by Crippen LogP contribution is 2.28. The van der Waals surface area contributed by atoms with Crippen LogP contribution in [-0.2, 0) is 0 Å². The number of carbonyl (C=O) groups is 1. The maximum atomic E-state index is 12.4. The van der Waals surface area contributed by atoms with E-state index in [0.717, 1.165) is 0 Å². The third kappa shape index (κ3) is 3.00. The van der Waals surface area contributed by atoms with E-state index in [2.05, 4.69) is 15.9 Å². The molecule has 0 aliphatic carbocycles. The molecule has 0 fully saturated rings. The average molecular weight is 300 g/mol. The zero-order chi connectivity index (χ0) is 13.2. The van der Waals surface area contributed by atoms with Crippen LogP contribution in [0.3, 0.4) is 0 Å². The summed E-state index contributed by atoms with van der Waals surface area (Å²) in [7, 11) is 0. The van der Waals surface area contributed by atoms with Crippen molar-refractivity contribution in [2.75, 3.05) is 0 Å². The molecule has 0 spiro atoms. The molecule has 0 atom stereocenters. The largest absolute Gasteiger partial charge is 0.507 e. The van der Waals surface area contributed by atoms with Gasteiger partial charge in [-0.2, -0.15) is 0 Å². The number of amides is 1. The molecule has 1 rings (SSSR count). The van der Waals surface area contributed by atoms with Crippen molar-refractivity contribution in [3.8, 4) is 5.75 Å². The van der Waals surface area contributed by atoms with Crippen LogP contribution in [0.25, 0.3) is 0 Å². The van der Waals surface area contributed by atoms with Crippen LogP contribution in [-0.4, -0.2) is 28.0 Å². The Kier molecular flexibility index (Phi) is 4.57. The molecule has 0 heterocycles. The molecular formula is C13H18BrNO2. The van der Waals surface area contributed by atoms with Crippen molar-refractivity contribution in [3.63, 3.8) is 0 Å². The molecule has 4 heteroatoms. The molecule has 0 bridgehead atoms. The zero-order valence-electron chi connectivity index (χ0n) is 10.6. The molecule has 0 radical (unpaired) electrons. The predicted octanol–water partition coefficient (Wildman–Crippen LogP) is 3.41. The Morgan fingerprint density at radius 3 is 2.24 bits per heavy atom. The number of hydrogen-bond donors (Lipinski definition) is 1. The lowest BCUT2D eigenvalue weighted by Crippen LogP contribution is -2.42. The van der Waals surface area contributed by atoms with Gasteiger partial charge in [-0.3, -0.25) is 4.79 Å².